The molecule has 1 aromatic rings. The van der Waals surface area contributed by atoms with Crippen LogP contribution in [0.25, 0.3) is 0 Å². The maximum absolute atomic E-state index is 11.4. The summed E-state index contributed by atoms with van der Waals surface area (Å²) in [6.45, 7) is 2.57. The van der Waals surface area contributed by atoms with Gasteiger partial charge in [0, 0.05) is 19.5 Å². The molecule has 0 saturated heterocycles. The van der Waals surface area contributed by atoms with Crippen LogP contribution >= 0.6 is 0 Å². The summed E-state index contributed by atoms with van der Waals surface area (Å²) >= 11 is 0. The van der Waals surface area contributed by atoms with Crippen LogP contribution in [0.4, 0.5) is 4.79 Å². The minimum absolute atomic E-state index is 0.0644. The summed E-state index contributed by atoms with van der Waals surface area (Å²) < 4.78 is 4.99. The third-order valence-electron chi connectivity index (χ3n) is 2.65. The number of rotatable bonds is 8. The molecule has 0 aliphatic rings. The van der Waals surface area contributed by atoms with Crippen molar-refractivity contribution in [2.75, 3.05) is 19.6 Å². The summed E-state index contributed by atoms with van der Waals surface area (Å²) in [7, 11) is 0. The summed E-state index contributed by atoms with van der Waals surface area (Å²) in [4.78, 5) is 34.0. The number of carbonyl (C=O) groups is 3. The zero-order valence-corrected chi connectivity index (χ0v) is 12.6. The highest BCUT2D eigenvalue weighted by Crippen LogP contribution is 2.00. The molecule has 0 aromatic heterocycles. The van der Waals surface area contributed by atoms with Crippen molar-refractivity contribution in [3.63, 3.8) is 0 Å². The van der Waals surface area contributed by atoms with Crippen LogP contribution in [0.5, 0.6) is 0 Å². The minimum Gasteiger partial charge on any atom is -0.445 e. The molecular weight excluding hydrogens is 286 g/mol. The number of hydrogen-bond donors (Lipinski definition) is 3. The van der Waals surface area contributed by atoms with E-state index in [1.54, 1.807) is 6.92 Å². The molecule has 0 saturated carbocycles. The van der Waals surface area contributed by atoms with Gasteiger partial charge in [0.25, 0.3) is 0 Å². The quantitative estimate of drug-likeness (QED) is 0.653. The molecule has 22 heavy (non-hydrogen) atoms. The van der Waals surface area contributed by atoms with E-state index in [4.69, 9.17) is 4.74 Å². The lowest BCUT2D eigenvalue weighted by Gasteiger charge is -2.08. The van der Waals surface area contributed by atoms with Crippen molar-refractivity contribution in [1.29, 1.82) is 0 Å². The standard InChI is InChI=1S/C15H21N3O4/c1-2-16-14(20)10-18-13(19)8-9-17-15(21)22-11-12-6-4-3-5-7-12/h3-7H,2,8-11H2,1H3,(H,16,20)(H,17,21)(H,18,19). The average Bonchev–Trinajstić information content (AvgIpc) is 2.52. The van der Waals surface area contributed by atoms with Gasteiger partial charge in [-0.1, -0.05) is 30.3 Å². The van der Waals surface area contributed by atoms with E-state index < -0.39 is 6.09 Å². The number of alkyl carbamates (subject to hydrolysis) is 1. The van der Waals surface area contributed by atoms with Crippen molar-refractivity contribution in [2.24, 2.45) is 0 Å². The molecule has 0 spiro atoms. The SMILES string of the molecule is CCNC(=O)CNC(=O)CCNC(=O)OCc1ccccc1. The van der Waals surface area contributed by atoms with Gasteiger partial charge in [0.2, 0.25) is 11.8 Å². The lowest BCUT2D eigenvalue weighted by molar-refractivity contribution is -0.126. The van der Waals surface area contributed by atoms with E-state index in [-0.39, 0.29) is 37.9 Å². The molecule has 0 aliphatic carbocycles. The first kappa shape index (κ1) is 17.5. The second-order valence-corrected chi connectivity index (χ2v) is 4.47. The van der Waals surface area contributed by atoms with Crippen molar-refractivity contribution in [3.05, 3.63) is 35.9 Å². The zero-order valence-electron chi connectivity index (χ0n) is 12.6. The third kappa shape index (κ3) is 7.88. The maximum Gasteiger partial charge on any atom is 0.407 e. The largest absolute Gasteiger partial charge is 0.445 e. The number of amides is 3. The summed E-state index contributed by atoms with van der Waals surface area (Å²) in [5.74, 6) is -0.555. The van der Waals surface area contributed by atoms with Gasteiger partial charge in [0.15, 0.2) is 0 Å². The van der Waals surface area contributed by atoms with E-state index in [1.165, 1.54) is 0 Å². The summed E-state index contributed by atoms with van der Waals surface area (Å²) in [5.41, 5.74) is 0.886. The van der Waals surface area contributed by atoms with Crippen LogP contribution < -0.4 is 16.0 Å². The van der Waals surface area contributed by atoms with Crippen LogP contribution in [0.15, 0.2) is 30.3 Å². The number of benzene rings is 1. The molecule has 120 valence electrons. The zero-order chi connectivity index (χ0) is 16.2. The molecule has 1 rings (SSSR count). The predicted octanol–water partition coefficient (Wildman–Crippen LogP) is 0.555. The van der Waals surface area contributed by atoms with Crippen molar-refractivity contribution in [3.8, 4) is 0 Å². The molecule has 3 amide bonds. The number of nitrogens with one attached hydrogen (secondary N) is 3. The Balaban J connectivity index is 2.09. The fourth-order valence-electron chi connectivity index (χ4n) is 1.58. The van der Waals surface area contributed by atoms with Crippen LogP contribution in [0.3, 0.4) is 0 Å². The molecule has 3 N–H and O–H groups in total. The molecule has 0 bridgehead atoms. The highest BCUT2D eigenvalue weighted by Gasteiger charge is 2.06. The first-order chi connectivity index (χ1) is 10.6. The lowest BCUT2D eigenvalue weighted by Crippen LogP contribution is -2.38. The molecule has 0 aliphatic heterocycles. The normalized spacial score (nSPS) is 9.68. The van der Waals surface area contributed by atoms with Gasteiger partial charge in [-0.05, 0) is 12.5 Å². The molecule has 0 atom stereocenters. The fraction of sp³-hybridized carbons (Fsp3) is 0.400. The first-order valence-corrected chi connectivity index (χ1v) is 7.09. The predicted molar refractivity (Wildman–Crippen MR) is 80.9 cm³/mol. The van der Waals surface area contributed by atoms with E-state index in [0.717, 1.165) is 5.56 Å². The van der Waals surface area contributed by atoms with Gasteiger partial charge in [-0.15, -0.1) is 0 Å². The van der Waals surface area contributed by atoms with Crippen LogP contribution in [0, 0.1) is 0 Å². The van der Waals surface area contributed by atoms with Gasteiger partial charge >= 0.3 is 6.09 Å². The van der Waals surface area contributed by atoms with Crippen molar-refractivity contribution < 1.29 is 19.1 Å². The van der Waals surface area contributed by atoms with Crippen molar-refractivity contribution in [2.45, 2.75) is 20.0 Å². The summed E-state index contributed by atoms with van der Waals surface area (Å²) in [5, 5.41) is 7.49. The molecule has 0 fully saturated rings. The molecule has 0 unspecified atom stereocenters. The smallest absolute Gasteiger partial charge is 0.407 e. The van der Waals surface area contributed by atoms with Gasteiger partial charge in [-0.2, -0.15) is 0 Å². The average molecular weight is 307 g/mol. The first-order valence-electron chi connectivity index (χ1n) is 7.09. The second kappa shape index (κ2) is 10.2. The molecule has 1 aromatic carbocycles. The Labute approximate surface area is 129 Å². The van der Waals surface area contributed by atoms with E-state index >= 15 is 0 Å². The number of hydrogen-bond acceptors (Lipinski definition) is 4. The molecular formula is C15H21N3O4. The van der Waals surface area contributed by atoms with Crippen LogP contribution in [-0.4, -0.2) is 37.5 Å². The summed E-state index contributed by atoms with van der Waals surface area (Å²) in [6, 6.07) is 9.29. The molecule has 0 heterocycles. The summed E-state index contributed by atoms with van der Waals surface area (Å²) in [6.07, 6.45) is -0.500. The minimum atomic E-state index is -0.583. The Hall–Kier alpha value is -2.57. The number of carbonyl (C=O) groups excluding carboxylic acids is 3. The fourth-order valence-corrected chi connectivity index (χ4v) is 1.58. The monoisotopic (exact) mass is 307 g/mol. The molecule has 0 radical (unpaired) electrons. The Kier molecular flexibility index (Phi) is 8.10. The van der Waals surface area contributed by atoms with Crippen molar-refractivity contribution >= 4 is 17.9 Å². The van der Waals surface area contributed by atoms with Gasteiger partial charge < -0.3 is 20.7 Å². The highest BCUT2D eigenvalue weighted by molar-refractivity contribution is 5.84. The maximum atomic E-state index is 11.4. The van der Waals surface area contributed by atoms with Crippen LogP contribution in [0.2, 0.25) is 0 Å². The van der Waals surface area contributed by atoms with Gasteiger partial charge in [-0.3, -0.25) is 9.59 Å². The molecule has 7 nitrogen and oxygen atoms in total. The Morgan fingerprint density at radius 3 is 2.41 bits per heavy atom. The Bertz CT molecular complexity index is 491. The van der Waals surface area contributed by atoms with Crippen LogP contribution in [0.1, 0.15) is 18.9 Å². The Morgan fingerprint density at radius 1 is 1.00 bits per heavy atom. The van der Waals surface area contributed by atoms with Crippen molar-refractivity contribution in [1.82, 2.24) is 16.0 Å². The van der Waals surface area contributed by atoms with E-state index in [2.05, 4.69) is 16.0 Å². The number of ether oxygens (including phenoxy) is 1. The van der Waals surface area contributed by atoms with E-state index in [1.807, 2.05) is 30.3 Å². The topological polar surface area (TPSA) is 96.5 Å². The second-order valence-electron chi connectivity index (χ2n) is 4.47. The number of likely N-dealkylation sites (N-methyl/N-ethyl adjacent to an activating group) is 1. The van der Waals surface area contributed by atoms with Gasteiger partial charge in [0.05, 0.1) is 6.54 Å². The van der Waals surface area contributed by atoms with Gasteiger partial charge in [-0.25, -0.2) is 4.79 Å². The van der Waals surface area contributed by atoms with E-state index in [9.17, 15) is 14.4 Å². The third-order valence-corrected chi connectivity index (χ3v) is 2.65. The molecule has 7 heteroatoms. The highest BCUT2D eigenvalue weighted by atomic mass is 16.5. The van der Waals surface area contributed by atoms with E-state index in [0.29, 0.717) is 6.54 Å². The van der Waals surface area contributed by atoms with Gasteiger partial charge in [0.1, 0.15) is 6.61 Å². The lowest BCUT2D eigenvalue weighted by atomic mass is 10.2. The Morgan fingerprint density at radius 2 is 1.73 bits per heavy atom. The van der Waals surface area contributed by atoms with Crippen LogP contribution in [-0.2, 0) is 20.9 Å².